The van der Waals surface area contributed by atoms with Crippen LogP contribution in [0.4, 0.5) is 0 Å². The third-order valence-electron chi connectivity index (χ3n) is 10.2. The van der Waals surface area contributed by atoms with Crippen LogP contribution in [0.25, 0.3) is 120 Å². The van der Waals surface area contributed by atoms with Crippen LogP contribution in [-0.4, -0.2) is 9.97 Å². The van der Waals surface area contributed by atoms with Crippen LogP contribution >= 0.6 is 11.3 Å². The van der Waals surface area contributed by atoms with E-state index in [1.165, 1.54) is 37.7 Å². The van der Waals surface area contributed by atoms with E-state index in [0.717, 1.165) is 76.3 Å². The molecule has 226 valence electrons. The molecule has 0 bridgehead atoms. The van der Waals surface area contributed by atoms with Crippen molar-refractivity contribution in [1.82, 2.24) is 9.97 Å². The summed E-state index contributed by atoms with van der Waals surface area (Å²) in [6.45, 7) is 0. The molecule has 0 radical (unpaired) electrons. The zero-order chi connectivity index (χ0) is 31.8. The van der Waals surface area contributed by atoms with E-state index in [9.17, 15) is 0 Å². The van der Waals surface area contributed by atoms with E-state index >= 15 is 0 Å². The number of rotatable bonds is 2. The van der Waals surface area contributed by atoms with E-state index in [1.807, 2.05) is 18.2 Å². The third kappa shape index (κ3) is 3.37. The fraction of sp³-hybridized carbons (Fsp3) is 0. The third-order valence-corrected chi connectivity index (χ3v) is 11.4. The Morgan fingerprint density at radius 3 is 2.20 bits per heavy atom. The second-order valence-corrected chi connectivity index (χ2v) is 13.9. The largest absolute Gasteiger partial charge is 0.456 e. The highest BCUT2D eigenvalue weighted by Crippen LogP contribution is 2.52. The predicted octanol–water partition coefficient (Wildman–Crippen LogP) is 12.8. The maximum absolute atomic E-state index is 6.69. The van der Waals surface area contributed by atoms with E-state index in [-0.39, 0.29) is 0 Å². The van der Waals surface area contributed by atoms with Crippen molar-refractivity contribution in [2.45, 2.75) is 0 Å². The number of benzene rings is 7. The van der Waals surface area contributed by atoms with Crippen molar-refractivity contribution in [2.75, 3.05) is 0 Å². The molecule has 0 atom stereocenters. The zero-order valence-electron chi connectivity index (χ0n) is 25.8. The summed E-state index contributed by atoms with van der Waals surface area (Å²) < 4.78 is 15.2. The second-order valence-electron chi connectivity index (χ2n) is 12.8. The minimum Gasteiger partial charge on any atom is -0.456 e. The first-order valence-corrected chi connectivity index (χ1v) is 17.2. The summed E-state index contributed by atoms with van der Waals surface area (Å²) in [5, 5.41) is 7.99. The van der Waals surface area contributed by atoms with Gasteiger partial charge in [0.2, 0.25) is 0 Å². The van der Waals surface area contributed by atoms with Gasteiger partial charge in [0, 0.05) is 48.3 Å². The molecule has 4 heterocycles. The first-order chi connectivity index (χ1) is 24.3. The molecule has 1 aliphatic rings. The molecule has 0 saturated carbocycles. The molecule has 0 fully saturated rings. The average molecular weight is 643 g/mol. The van der Waals surface area contributed by atoms with Gasteiger partial charge in [0.15, 0.2) is 5.82 Å². The Morgan fingerprint density at radius 1 is 0.490 bits per heavy atom. The van der Waals surface area contributed by atoms with Crippen molar-refractivity contribution < 1.29 is 8.83 Å². The van der Waals surface area contributed by atoms with Crippen LogP contribution in [0.3, 0.4) is 0 Å². The fourth-order valence-corrected chi connectivity index (χ4v) is 9.27. The van der Waals surface area contributed by atoms with Gasteiger partial charge in [-0.05, 0) is 69.9 Å². The lowest BCUT2D eigenvalue weighted by Crippen LogP contribution is -1.94. The summed E-state index contributed by atoms with van der Waals surface area (Å²) in [6, 6.07) is 46.9. The van der Waals surface area contributed by atoms with Gasteiger partial charge in [-0.15, -0.1) is 11.3 Å². The molecule has 0 aliphatic heterocycles. The summed E-state index contributed by atoms with van der Waals surface area (Å²) in [4.78, 5) is 10.7. The van der Waals surface area contributed by atoms with E-state index < -0.39 is 0 Å². The second kappa shape index (κ2) is 9.19. The minimum atomic E-state index is 0.686. The molecule has 1 aliphatic carbocycles. The van der Waals surface area contributed by atoms with Gasteiger partial charge < -0.3 is 8.83 Å². The molecule has 0 amide bonds. The summed E-state index contributed by atoms with van der Waals surface area (Å²) in [7, 11) is 0. The normalized spacial score (nSPS) is 12.5. The first-order valence-electron chi connectivity index (χ1n) is 16.4. The lowest BCUT2D eigenvalue weighted by Gasteiger charge is -2.08. The average Bonchev–Trinajstić information content (AvgIpc) is 3.91. The lowest BCUT2D eigenvalue weighted by atomic mass is 10.00. The van der Waals surface area contributed by atoms with Gasteiger partial charge in [-0.1, -0.05) is 91.0 Å². The van der Waals surface area contributed by atoms with Gasteiger partial charge in [0.05, 0.1) is 15.9 Å². The zero-order valence-corrected chi connectivity index (χ0v) is 26.6. The summed E-state index contributed by atoms with van der Waals surface area (Å²) >= 11 is 1.74. The molecule has 0 N–H and O–H groups in total. The van der Waals surface area contributed by atoms with Gasteiger partial charge in [0.25, 0.3) is 0 Å². The van der Waals surface area contributed by atoms with E-state index in [2.05, 4.69) is 115 Å². The molecule has 49 heavy (non-hydrogen) atoms. The molecular formula is C44H22N2O2S. The van der Waals surface area contributed by atoms with Crippen LogP contribution in [0.2, 0.25) is 0 Å². The van der Waals surface area contributed by atoms with Crippen LogP contribution in [-0.2, 0) is 0 Å². The van der Waals surface area contributed by atoms with E-state index in [0.29, 0.717) is 5.82 Å². The molecule has 0 unspecified atom stereocenters. The Kier molecular flexibility index (Phi) is 4.83. The number of hydrogen-bond acceptors (Lipinski definition) is 5. The first kappa shape index (κ1) is 25.7. The number of para-hydroxylation sites is 1. The molecule has 11 aromatic rings. The van der Waals surface area contributed by atoms with Crippen LogP contribution in [0.1, 0.15) is 0 Å². The Morgan fingerprint density at radius 2 is 1.27 bits per heavy atom. The standard InChI is InChI=1S/C44H22N2O2S/c1-3-15-33-28(10-1)38-31(14-7-16-35(38)47-33)41-43-40(29-11-2-4-17-36(29)49-43)45-44(46-41)24-18-21-34-32(22-24)27-20-19-26-25-12-5-8-23-9-6-13-30(37(23)25)39(26)42(27)48-34/h1-22H. The van der Waals surface area contributed by atoms with Crippen molar-refractivity contribution >= 4 is 86.3 Å². The number of aromatic nitrogens is 2. The predicted molar refractivity (Wildman–Crippen MR) is 202 cm³/mol. The van der Waals surface area contributed by atoms with Crippen LogP contribution in [0.15, 0.2) is 142 Å². The van der Waals surface area contributed by atoms with E-state index in [4.69, 9.17) is 18.8 Å². The van der Waals surface area contributed by atoms with Gasteiger partial charge in [-0.25, -0.2) is 9.97 Å². The van der Waals surface area contributed by atoms with Gasteiger partial charge >= 0.3 is 0 Å². The summed E-state index contributed by atoms with van der Waals surface area (Å²) in [6.07, 6.45) is 0. The molecule has 12 rings (SSSR count). The van der Waals surface area contributed by atoms with Gasteiger partial charge in [-0.2, -0.15) is 0 Å². The van der Waals surface area contributed by atoms with Crippen molar-refractivity contribution in [3.8, 4) is 44.9 Å². The highest BCUT2D eigenvalue weighted by molar-refractivity contribution is 7.26. The number of fused-ring (bicyclic) bond motifs is 13. The Bertz CT molecular complexity index is 3230. The fourth-order valence-electron chi connectivity index (χ4n) is 8.12. The van der Waals surface area contributed by atoms with Crippen molar-refractivity contribution in [3.63, 3.8) is 0 Å². The van der Waals surface area contributed by atoms with Crippen molar-refractivity contribution in [3.05, 3.63) is 133 Å². The summed E-state index contributed by atoms with van der Waals surface area (Å²) in [5.41, 5.74) is 12.3. The Hall–Kier alpha value is -6.30. The van der Waals surface area contributed by atoms with Crippen molar-refractivity contribution in [1.29, 1.82) is 0 Å². The number of thiophene rings is 1. The molecular weight excluding hydrogens is 621 g/mol. The van der Waals surface area contributed by atoms with Crippen LogP contribution in [0, 0.1) is 0 Å². The lowest BCUT2D eigenvalue weighted by molar-refractivity contribution is 0.669. The van der Waals surface area contributed by atoms with Crippen molar-refractivity contribution in [2.24, 2.45) is 0 Å². The SMILES string of the molecule is c1cc2c3c(cccc3c1)-c1c-2ccc2c1oc1ccc(-c3nc(-c4cccc5oc6ccccc6c45)c4sc5ccccc5c4n3)cc12. The molecule has 0 saturated heterocycles. The van der Waals surface area contributed by atoms with Gasteiger partial charge in [0.1, 0.15) is 22.3 Å². The molecule has 5 heteroatoms. The van der Waals surface area contributed by atoms with Crippen LogP contribution < -0.4 is 0 Å². The Labute approximate surface area is 282 Å². The topological polar surface area (TPSA) is 52.1 Å². The molecule has 4 nitrogen and oxygen atoms in total. The minimum absolute atomic E-state index is 0.686. The maximum Gasteiger partial charge on any atom is 0.160 e. The quantitative estimate of drug-likeness (QED) is 0.188. The molecule has 7 aromatic carbocycles. The number of furan rings is 2. The highest BCUT2D eigenvalue weighted by Gasteiger charge is 2.26. The maximum atomic E-state index is 6.69. The molecule has 0 spiro atoms. The number of hydrogen-bond donors (Lipinski definition) is 0. The Balaban J connectivity index is 1.12. The van der Waals surface area contributed by atoms with Gasteiger partial charge in [-0.3, -0.25) is 0 Å². The monoisotopic (exact) mass is 642 g/mol. The number of nitrogens with zero attached hydrogens (tertiary/aromatic N) is 2. The van der Waals surface area contributed by atoms with Crippen LogP contribution in [0.5, 0.6) is 0 Å². The smallest absolute Gasteiger partial charge is 0.160 e. The molecule has 4 aromatic heterocycles. The van der Waals surface area contributed by atoms with E-state index in [1.54, 1.807) is 11.3 Å². The summed E-state index contributed by atoms with van der Waals surface area (Å²) in [5.74, 6) is 0.686. The highest BCUT2D eigenvalue weighted by atomic mass is 32.1.